The number of aromatic nitrogens is 3. The smallest absolute Gasteiger partial charge is 0.163 e. The Labute approximate surface area is 494 Å². The number of hydrogen-bond acceptors (Lipinski definition) is 8. The second-order valence-corrected chi connectivity index (χ2v) is 31.2. The molecule has 7 aliphatic carbocycles. The van der Waals surface area contributed by atoms with Crippen LogP contribution in [0.1, 0.15) is 234 Å². The number of nitrogens with zero attached hydrogens (tertiary/aromatic N) is 1. The lowest BCUT2D eigenvalue weighted by molar-refractivity contribution is -0.271. The monoisotopic (exact) mass is 1130 g/mol. The first-order chi connectivity index (χ1) is 39.6. The summed E-state index contributed by atoms with van der Waals surface area (Å²) in [5.41, 5.74) is 8.16. The number of carbonyl (C=O) groups excluding carboxylic acids is 2. The van der Waals surface area contributed by atoms with Crippen molar-refractivity contribution in [1.82, 2.24) is 19.9 Å². The number of unbranched alkanes of at least 4 members (excludes halogenated alkanes) is 2. The van der Waals surface area contributed by atoms with Gasteiger partial charge in [0.2, 0.25) is 0 Å². The number of H-pyrrole nitrogens is 2. The zero-order valence-corrected chi connectivity index (χ0v) is 51.9. The lowest BCUT2D eigenvalue weighted by Crippen LogP contribution is -2.74. The van der Waals surface area contributed by atoms with Crippen LogP contribution in [0.25, 0.3) is 11.0 Å². The molecule has 4 aromatic rings. The van der Waals surface area contributed by atoms with E-state index in [4.69, 9.17) is 9.47 Å². The van der Waals surface area contributed by atoms with Crippen LogP contribution in [-0.2, 0) is 44.1 Å². The fraction of sp³-hybridized carbons (Fsp3) is 0.722. The first-order valence-electron chi connectivity index (χ1n) is 33.4. The Bertz CT molecular complexity index is 3240. The van der Waals surface area contributed by atoms with Crippen LogP contribution in [0, 0.1) is 56.2 Å². The Morgan fingerprint density at radius 3 is 2.41 bits per heavy atom. The van der Waals surface area contributed by atoms with E-state index in [0.29, 0.717) is 69.5 Å². The number of rotatable bonds is 14. The third-order valence-corrected chi connectivity index (χ3v) is 26.9. The number of aliphatic hydroxyl groups is 3. The molecule has 450 valence electrons. The maximum atomic E-state index is 16.8. The maximum Gasteiger partial charge on any atom is 0.163 e. The lowest BCUT2D eigenvalue weighted by atomic mass is 9.27. The van der Waals surface area contributed by atoms with Gasteiger partial charge in [0, 0.05) is 91.5 Å². The standard InChI is InChI=1S/C72H100N4O7/c1-10-11-13-18-51-61(79)56-54-50(60(78)62-68(6,69(51,54)7)24-21-53-67(5,26-30-73-9)63(80)55-49-22-29-74-57(49)44-20-25-71(55,37-44)70(53,62)8)41-76-40-47(58-59(76)45(39-75-58)19-23-66(56,4)38-52(77)64-65(2,3)83-64)34-42-33-46(43-16-14-12-15-17-43)36-48(35-42)72(81)27-31-82-32-28-72/h22,29,33,35-36,39-40,43-44,50-53,55,60,62,64,73-75,77-78,81H,10-21,23-28,30-32,34,37-38,41H2,1-9H3/t44-,50+,51-,52+,53-,55-,60+,62-,64+,66-,67-,68-,69-,70+,71-/m0/s1. The number of aromatic amines is 2. The predicted octanol–water partition coefficient (Wildman–Crippen LogP) is 13.2. The molecule has 0 unspecified atom stereocenters. The summed E-state index contributed by atoms with van der Waals surface area (Å²) in [6.45, 7) is 21.0. The molecule has 6 heterocycles. The average molecular weight is 1130 g/mol. The number of epoxide rings is 1. The van der Waals surface area contributed by atoms with Crippen LogP contribution in [0.3, 0.4) is 0 Å². The second-order valence-electron chi connectivity index (χ2n) is 31.2. The number of aryl methyl sites for hydroxylation is 1. The van der Waals surface area contributed by atoms with Gasteiger partial charge in [-0.15, -0.1) is 0 Å². The van der Waals surface area contributed by atoms with E-state index in [2.05, 4.69) is 118 Å². The number of ether oxygens (including phenoxy) is 2. The van der Waals surface area contributed by atoms with Crippen molar-refractivity contribution in [2.45, 2.75) is 244 Å². The highest BCUT2D eigenvalue weighted by Gasteiger charge is 2.81. The van der Waals surface area contributed by atoms with Gasteiger partial charge in [-0.3, -0.25) is 9.59 Å². The van der Waals surface area contributed by atoms with E-state index >= 15 is 9.59 Å². The number of aliphatic hydroxyl groups excluding tert-OH is 2. The first-order valence-corrected chi connectivity index (χ1v) is 33.4. The summed E-state index contributed by atoms with van der Waals surface area (Å²) in [5, 5.41) is 43.2. The van der Waals surface area contributed by atoms with E-state index in [1.54, 1.807) is 0 Å². The number of hydrogen-bond donors (Lipinski definition) is 6. The van der Waals surface area contributed by atoms with Crippen molar-refractivity contribution in [2.75, 3.05) is 26.8 Å². The summed E-state index contributed by atoms with van der Waals surface area (Å²) in [4.78, 5) is 40.5. The molecule has 1 spiro atoms. The number of ketones is 2. The van der Waals surface area contributed by atoms with Crippen LogP contribution >= 0.6 is 0 Å². The molecule has 11 nitrogen and oxygen atoms in total. The summed E-state index contributed by atoms with van der Waals surface area (Å²) < 4.78 is 14.6. The molecule has 3 aromatic heterocycles. The van der Waals surface area contributed by atoms with Gasteiger partial charge in [0.1, 0.15) is 11.9 Å². The minimum Gasteiger partial charge on any atom is -0.392 e. The highest BCUT2D eigenvalue weighted by atomic mass is 16.6. The van der Waals surface area contributed by atoms with Gasteiger partial charge in [-0.1, -0.05) is 98.3 Å². The summed E-state index contributed by atoms with van der Waals surface area (Å²) in [6.07, 6.45) is 23.8. The van der Waals surface area contributed by atoms with E-state index in [-0.39, 0.29) is 41.0 Å². The molecule has 15 atom stereocenters. The van der Waals surface area contributed by atoms with E-state index in [0.717, 1.165) is 93.8 Å². The van der Waals surface area contributed by atoms with E-state index in [9.17, 15) is 15.3 Å². The molecule has 10 aliphatic rings. The highest BCUT2D eigenvalue weighted by Crippen LogP contribution is 2.84. The Hall–Kier alpha value is -3.84. The van der Waals surface area contributed by atoms with Crippen LogP contribution in [0.4, 0.5) is 0 Å². The number of allylic oxidation sites excluding steroid dienone is 1. The van der Waals surface area contributed by atoms with Crippen molar-refractivity contribution in [3.05, 3.63) is 93.1 Å². The van der Waals surface area contributed by atoms with Gasteiger partial charge in [-0.25, -0.2) is 0 Å². The fourth-order valence-electron chi connectivity index (χ4n) is 22.7. The second kappa shape index (κ2) is 19.8. The van der Waals surface area contributed by atoms with Gasteiger partial charge in [0.15, 0.2) is 5.78 Å². The predicted molar refractivity (Wildman–Crippen MR) is 325 cm³/mol. The minimum absolute atomic E-state index is 0.0415. The molecule has 11 heteroatoms. The summed E-state index contributed by atoms with van der Waals surface area (Å²) >= 11 is 0. The normalized spacial score (nSPS) is 40.0. The van der Waals surface area contributed by atoms with Crippen LogP contribution < -0.4 is 5.32 Å². The van der Waals surface area contributed by atoms with E-state index in [1.165, 1.54) is 76.7 Å². The minimum atomic E-state index is -0.933. The molecular formula is C72H100N4O7. The Balaban J connectivity index is 0.973. The molecule has 0 amide bonds. The van der Waals surface area contributed by atoms with Gasteiger partial charge in [-0.05, 0) is 195 Å². The van der Waals surface area contributed by atoms with Crippen LogP contribution in [0.15, 0.2) is 54.0 Å². The molecule has 7 fully saturated rings. The molecule has 3 aliphatic heterocycles. The van der Waals surface area contributed by atoms with Crippen LogP contribution in [-0.4, -0.2) is 92.1 Å². The van der Waals surface area contributed by atoms with Gasteiger partial charge in [0.05, 0.1) is 40.4 Å². The molecule has 2 bridgehead atoms. The van der Waals surface area contributed by atoms with Gasteiger partial charge >= 0.3 is 0 Å². The van der Waals surface area contributed by atoms with Crippen molar-refractivity contribution in [2.24, 2.45) is 56.2 Å². The third kappa shape index (κ3) is 7.99. The number of nitrogens with one attached hydrogen (secondary N) is 3. The first kappa shape index (κ1) is 56.9. The van der Waals surface area contributed by atoms with Gasteiger partial charge in [0.25, 0.3) is 0 Å². The molecule has 0 radical (unpaired) electrons. The zero-order chi connectivity index (χ0) is 58.0. The molecular weight excluding hydrogens is 1030 g/mol. The van der Waals surface area contributed by atoms with Gasteiger partial charge < -0.3 is 44.6 Å². The number of fused-ring (bicyclic) bond motifs is 8. The topological polar surface area (TPSA) is 165 Å². The van der Waals surface area contributed by atoms with Crippen LogP contribution in [0.2, 0.25) is 0 Å². The highest BCUT2D eigenvalue weighted by molar-refractivity contribution is 6.04. The van der Waals surface area contributed by atoms with E-state index < -0.39 is 56.4 Å². The van der Waals surface area contributed by atoms with Crippen molar-refractivity contribution >= 4 is 22.6 Å². The SMILES string of the molecule is CCCCC[C@H]1C(=O)C2=C3[C@@H](Cn4cc(Cc5cc(C6CCCCC6)cc(C6(O)CCOCC6)c5)c5[nH]cc(c54)CC[C@@]2(C)C[C@@H](O)[C@H]2OC2(C)C)[C@@H](O)[C@@H]2[C@@]4(C)[C@@H](CC[C@]2(C)[C@]31C)[C@](C)(CCNC)C(=O)[C@@H]1c2cc[nH]c2[C@H]2CC[C@]14C2. The Morgan fingerprint density at radius 2 is 1.67 bits per heavy atom. The zero-order valence-electron chi connectivity index (χ0n) is 51.9. The van der Waals surface area contributed by atoms with Crippen molar-refractivity contribution in [3.63, 3.8) is 0 Å². The largest absolute Gasteiger partial charge is 0.392 e. The van der Waals surface area contributed by atoms with E-state index in [1.807, 2.05) is 7.05 Å². The molecule has 1 aromatic carbocycles. The molecule has 83 heavy (non-hydrogen) atoms. The number of carbonyl (C=O) groups is 2. The number of benzene rings is 1. The maximum absolute atomic E-state index is 16.8. The van der Waals surface area contributed by atoms with Crippen LogP contribution in [0.5, 0.6) is 0 Å². The quantitative estimate of drug-likeness (QED) is 0.0536. The summed E-state index contributed by atoms with van der Waals surface area (Å²) in [5.74, 6) is 0.333. The molecule has 5 saturated carbocycles. The summed E-state index contributed by atoms with van der Waals surface area (Å²) in [7, 11) is 2.02. The van der Waals surface area contributed by atoms with Crippen molar-refractivity contribution in [1.29, 1.82) is 0 Å². The summed E-state index contributed by atoms with van der Waals surface area (Å²) in [6, 6.07) is 9.31. The van der Waals surface area contributed by atoms with Crippen molar-refractivity contribution in [3.8, 4) is 0 Å². The Kier molecular flexibility index (Phi) is 13.6. The molecule has 2 saturated heterocycles. The average Bonchev–Trinajstić information content (AvgIpc) is 1.68. The fourth-order valence-corrected chi connectivity index (χ4v) is 22.7. The molecule has 14 rings (SSSR count). The molecule has 6 N–H and O–H groups in total. The Morgan fingerprint density at radius 1 is 0.904 bits per heavy atom. The number of Topliss-reactive ketones (excluding diaryl/α,β-unsaturated/α-hetero) is 2. The van der Waals surface area contributed by atoms with Gasteiger partial charge in [-0.2, -0.15) is 0 Å². The third-order valence-electron chi connectivity index (χ3n) is 26.9. The van der Waals surface area contributed by atoms with Crippen molar-refractivity contribution < 1.29 is 34.4 Å². The lowest BCUT2D eigenvalue weighted by Gasteiger charge is -2.76.